The van der Waals surface area contributed by atoms with Crippen LogP contribution in [0.15, 0.2) is 54.6 Å². The van der Waals surface area contributed by atoms with Crippen molar-refractivity contribution in [2.24, 2.45) is 0 Å². The van der Waals surface area contributed by atoms with Crippen molar-refractivity contribution in [3.8, 4) is 23.7 Å². The van der Waals surface area contributed by atoms with Crippen molar-refractivity contribution >= 4 is 24.2 Å². The zero-order valence-corrected chi connectivity index (χ0v) is 22.1. The Bertz CT molecular complexity index is 1240. The molecule has 0 spiro atoms. The van der Waals surface area contributed by atoms with Crippen LogP contribution in [0.4, 0.5) is 4.79 Å². The number of amides is 3. The molecule has 198 valence electrons. The molecule has 0 heterocycles. The fourth-order valence-electron chi connectivity index (χ4n) is 3.24. The second-order valence-electron chi connectivity index (χ2n) is 9.39. The highest BCUT2D eigenvalue weighted by atomic mass is 16.6. The first-order valence-corrected chi connectivity index (χ1v) is 12.2. The second-order valence-corrected chi connectivity index (χ2v) is 9.39. The van der Waals surface area contributed by atoms with Gasteiger partial charge in [-0.3, -0.25) is 14.4 Å². The van der Waals surface area contributed by atoms with E-state index in [9.17, 15) is 19.2 Å². The van der Waals surface area contributed by atoms with Crippen LogP contribution in [-0.4, -0.2) is 48.4 Å². The summed E-state index contributed by atoms with van der Waals surface area (Å²) in [6.07, 6.45) is 0.440. The maximum atomic E-state index is 13.0. The maximum Gasteiger partial charge on any atom is 0.408 e. The first-order valence-electron chi connectivity index (χ1n) is 12.2. The zero-order valence-electron chi connectivity index (χ0n) is 22.1. The smallest absolute Gasteiger partial charge is 0.408 e. The molecule has 0 unspecified atom stereocenters. The summed E-state index contributed by atoms with van der Waals surface area (Å²) in [7, 11) is 0. The number of ether oxygens (including phenoxy) is 1. The average molecular weight is 516 g/mol. The lowest BCUT2D eigenvalue weighted by atomic mass is 10.0. The van der Waals surface area contributed by atoms with Crippen molar-refractivity contribution in [1.82, 2.24) is 16.0 Å². The molecule has 0 fully saturated rings. The molecule has 0 aromatic heterocycles. The monoisotopic (exact) mass is 515 g/mol. The van der Waals surface area contributed by atoms with Crippen LogP contribution in [-0.2, 0) is 25.5 Å². The highest BCUT2D eigenvalue weighted by Crippen LogP contribution is 2.08. The van der Waals surface area contributed by atoms with E-state index in [1.54, 1.807) is 32.9 Å². The molecule has 0 saturated carbocycles. The molecule has 2 aromatic carbocycles. The predicted octanol–water partition coefficient (Wildman–Crippen LogP) is 2.74. The average Bonchev–Trinajstić information content (AvgIpc) is 2.86. The highest BCUT2D eigenvalue weighted by molar-refractivity contribution is 5.91. The van der Waals surface area contributed by atoms with Crippen molar-refractivity contribution < 1.29 is 23.9 Å². The summed E-state index contributed by atoms with van der Waals surface area (Å²) in [5.74, 6) is 10.2. The van der Waals surface area contributed by atoms with Crippen molar-refractivity contribution in [1.29, 1.82) is 0 Å². The molecule has 0 aliphatic heterocycles. The lowest BCUT2D eigenvalue weighted by Gasteiger charge is -2.23. The van der Waals surface area contributed by atoms with Crippen molar-refractivity contribution in [2.75, 3.05) is 6.54 Å². The van der Waals surface area contributed by atoms with Crippen LogP contribution in [0.1, 0.15) is 50.8 Å². The number of benzene rings is 2. The molecule has 0 bridgehead atoms. The van der Waals surface area contributed by atoms with Gasteiger partial charge in [-0.05, 0) is 51.3 Å². The Morgan fingerprint density at radius 1 is 0.921 bits per heavy atom. The number of carbonyl (C=O) groups excluding carboxylic acids is 4. The van der Waals surface area contributed by atoms with Gasteiger partial charge in [0.25, 0.3) is 0 Å². The van der Waals surface area contributed by atoms with Gasteiger partial charge in [-0.1, -0.05) is 60.2 Å². The van der Waals surface area contributed by atoms with Gasteiger partial charge < -0.3 is 20.7 Å². The van der Waals surface area contributed by atoms with Gasteiger partial charge in [0.15, 0.2) is 6.29 Å². The number of carbonyl (C=O) groups is 4. The van der Waals surface area contributed by atoms with E-state index in [1.165, 1.54) is 6.92 Å². The van der Waals surface area contributed by atoms with Crippen molar-refractivity contribution in [3.63, 3.8) is 0 Å². The van der Waals surface area contributed by atoms with Crippen LogP contribution in [0.25, 0.3) is 0 Å². The number of hydrogen-bond acceptors (Lipinski definition) is 5. The van der Waals surface area contributed by atoms with Crippen LogP contribution >= 0.6 is 0 Å². The quantitative estimate of drug-likeness (QED) is 0.284. The molecule has 3 N–H and O–H groups in total. The first kappa shape index (κ1) is 29.7. The van der Waals surface area contributed by atoms with Gasteiger partial charge in [0.1, 0.15) is 17.7 Å². The summed E-state index contributed by atoms with van der Waals surface area (Å²) < 4.78 is 5.20. The number of alkyl carbamates (subject to hydrolysis) is 1. The van der Waals surface area contributed by atoms with Crippen LogP contribution in [0, 0.1) is 23.7 Å². The number of hydrogen-bond donors (Lipinski definition) is 3. The van der Waals surface area contributed by atoms with Gasteiger partial charge in [-0.15, -0.1) is 0 Å². The van der Waals surface area contributed by atoms with E-state index in [-0.39, 0.29) is 18.9 Å². The summed E-state index contributed by atoms with van der Waals surface area (Å²) in [4.78, 5) is 48.3. The Balaban J connectivity index is 2.00. The molecular weight excluding hydrogens is 482 g/mol. The van der Waals surface area contributed by atoms with E-state index in [0.717, 1.165) is 5.56 Å². The third-order valence-electron chi connectivity index (χ3n) is 5.01. The number of aldehydes is 1. The minimum absolute atomic E-state index is 0.265. The van der Waals surface area contributed by atoms with E-state index in [4.69, 9.17) is 4.74 Å². The molecule has 2 rings (SSSR count). The Morgan fingerprint density at radius 3 is 2.18 bits per heavy atom. The van der Waals surface area contributed by atoms with Crippen LogP contribution in [0.2, 0.25) is 0 Å². The Labute approximate surface area is 223 Å². The zero-order chi connectivity index (χ0) is 28.0. The van der Waals surface area contributed by atoms with E-state index < -0.39 is 29.7 Å². The maximum absolute atomic E-state index is 13.0. The van der Waals surface area contributed by atoms with Gasteiger partial charge in [0.2, 0.25) is 11.8 Å². The molecule has 3 amide bonds. The second kappa shape index (κ2) is 14.9. The summed E-state index contributed by atoms with van der Waals surface area (Å²) in [6.45, 7) is 6.96. The third-order valence-corrected chi connectivity index (χ3v) is 5.01. The summed E-state index contributed by atoms with van der Waals surface area (Å²) in [5, 5.41) is 8.02. The molecule has 8 nitrogen and oxygen atoms in total. The van der Waals surface area contributed by atoms with E-state index in [1.807, 2.05) is 42.5 Å². The molecule has 38 heavy (non-hydrogen) atoms. The highest BCUT2D eigenvalue weighted by Gasteiger charge is 2.26. The lowest BCUT2D eigenvalue weighted by molar-refractivity contribution is -0.129. The largest absolute Gasteiger partial charge is 0.444 e. The topological polar surface area (TPSA) is 114 Å². The normalized spacial score (nSPS) is 11.8. The standard InChI is InChI=1S/C30H33N3O5/c1-22(32-29(37)38-30(2,3)4)27(35)33-26(21-23-13-6-5-7-14-23)28(36)31-19-11-10-17-24-15-8-9-16-25(24)18-12-20-34/h5-9,13-16,20,22,26H,11,19,21H2,1-4H3,(H,31,36)(H,32,37)(H,33,35)/t22-,26-/m0/s1. The van der Waals surface area contributed by atoms with Crippen LogP contribution in [0.5, 0.6) is 0 Å². The fourth-order valence-corrected chi connectivity index (χ4v) is 3.24. The molecule has 0 aliphatic rings. The molecule has 0 radical (unpaired) electrons. The van der Waals surface area contributed by atoms with Crippen molar-refractivity contribution in [2.45, 2.75) is 58.2 Å². The molecule has 2 atom stereocenters. The molecule has 2 aromatic rings. The van der Waals surface area contributed by atoms with Gasteiger partial charge in [0.05, 0.1) is 0 Å². The minimum Gasteiger partial charge on any atom is -0.444 e. The first-order chi connectivity index (χ1) is 18.1. The fraction of sp³-hybridized carbons (Fsp3) is 0.333. The van der Waals surface area contributed by atoms with E-state index >= 15 is 0 Å². The van der Waals surface area contributed by atoms with E-state index in [2.05, 4.69) is 39.6 Å². The number of rotatable bonds is 8. The minimum atomic E-state index is -0.913. The van der Waals surface area contributed by atoms with Crippen LogP contribution < -0.4 is 16.0 Å². The molecular formula is C30H33N3O5. The van der Waals surface area contributed by atoms with E-state index in [0.29, 0.717) is 23.8 Å². The molecule has 0 aliphatic carbocycles. The summed E-state index contributed by atoms with van der Waals surface area (Å²) in [5.41, 5.74) is 1.50. The molecule has 8 heteroatoms. The SMILES string of the molecule is C[C@H](NC(=O)OC(C)(C)C)C(=O)N[C@@H](Cc1ccccc1)C(=O)NCCC#Cc1ccccc1C#CC=O. The van der Waals surface area contributed by atoms with Gasteiger partial charge in [-0.25, -0.2) is 4.79 Å². The molecule has 0 saturated heterocycles. The number of nitrogens with one attached hydrogen (secondary N) is 3. The van der Waals surface area contributed by atoms with Gasteiger partial charge in [-0.2, -0.15) is 0 Å². The summed E-state index contributed by atoms with van der Waals surface area (Å²) in [6, 6.07) is 14.7. The lowest BCUT2D eigenvalue weighted by Crippen LogP contribution is -2.54. The Kier molecular flexibility index (Phi) is 11.6. The third kappa shape index (κ3) is 11.0. The van der Waals surface area contributed by atoms with Gasteiger partial charge in [0, 0.05) is 30.5 Å². The predicted molar refractivity (Wildman–Crippen MR) is 145 cm³/mol. The Morgan fingerprint density at radius 2 is 1.55 bits per heavy atom. The van der Waals surface area contributed by atoms with Crippen LogP contribution in [0.3, 0.4) is 0 Å². The summed E-state index contributed by atoms with van der Waals surface area (Å²) >= 11 is 0. The Hall–Kier alpha value is -4.56. The van der Waals surface area contributed by atoms with Gasteiger partial charge >= 0.3 is 6.09 Å². The van der Waals surface area contributed by atoms with Crippen molar-refractivity contribution in [3.05, 3.63) is 71.3 Å².